The summed E-state index contributed by atoms with van der Waals surface area (Å²) >= 11 is 0. The summed E-state index contributed by atoms with van der Waals surface area (Å²) in [4.78, 5) is 0. The van der Waals surface area contributed by atoms with Crippen LogP contribution < -0.4 is 0 Å². The van der Waals surface area contributed by atoms with E-state index >= 15 is 0 Å². The molecule has 302 valence electrons. The molecule has 0 fully saturated rings. The minimum atomic E-state index is -2.37. The molecule has 7 aromatic carbocycles. The van der Waals surface area contributed by atoms with Crippen molar-refractivity contribution < 1.29 is 0 Å². The van der Waals surface area contributed by atoms with Crippen molar-refractivity contribution in [3.05, 3.63) is 272 Å². The summed E-state index contributed by atoms with van der Waals surface area (Å²) in [5.74, 6) is 29.2. The van der Waals surface area contributed by atoms with Crippen molar-refractivity contribution in [1.29, 1.82) is 0 Å². The summed E-state index contributed by atoms with van der Waals surface area (Å²) in [5.41, 5.74) is 13.4. The van der Waals surface area contributed by atoms with Crippen molar-refractivity contribution in [2.75, 3.05) is 0 Å². The Bertz CT molecular complexity index is 3020. The average Bonchev–Trinajstić information content (AvgIpc) is 3.71. The van der Waals surface area contributed by atoms with Crippen molar-refractivity contribution in [1.82, 2.24) is 0 Å². The van der Waals surface area contributed by atoms with Gasteiger partial charge in [0.1, 0.15) is 16.1 Å². The van der Waals surface area contributed by atoms with Crippen molar-refractivity contribution >= 4 is 38.4 Å². The fourth-order valence-corrected chi connectivity index (χ4v) is 14.2. The molecule has 2 aliphatic heterocycles. The minimum Gasteiger partial charge on any atom is -0.0696 e. The molecular formula is C62H46Si2. The first-order valence-electron chi connectivity index (χ1n) is 21.8. The van der Waals surface area contributed by atoms with Gasteiger partial charge in [0, 0.05) is 43.0 Å². The molecule has 0 N–H and O–H groups in total. The molecule has 0 amide bonds. The van der Waals surface area contributed by atoms with Crippen LogP contribution in [0.4, 0.5) is 0 Å². The predicted octanol–water partition coefficient (Wildman–Crippen LogP) is 13.9. The van der Waals surface area contributed by atoms with Gasteiger partial charge in [-0.1, -0.05) is 231 Å². The van der Waals surface area contributed by atoms with Gasteiger partial charge in [0.05, 0.1) is 0 Å². The van der Waals surface area contributed by atoms with E-state index in [2.05, 4.69) is 243 Å². The number of hydrogen-bond donors (Lipinski definition) is 0. The van der Waals surface area contributed by atoms with Gasteiger partial charge in [-0.05, 0) is 93.1 Å². The Balaban J connectivity index is 1.11. The highest BCUT2D eigenvalue weighted by atomic mass is 28.3. The van der Waals surface area contributed by atoms with Crippen LogP contribution in [0.1, 0.15) is 44.5 Å². The minimum absolute atomic E-state index is 0.951. The van der Waals surface area contributed by atoms with Gasteiger partial charge in [0.2, 0.25) is 0 Å². The maximum absolute atomic E-state index is 3.77. The molecule has 2 aliphatic rings. The first-order valence-corrected chi connectivity index (χ1v) is 27.8. The molecule has 0 aromatic heterocycles. The Labute approximate surface area is 381 Å². The van der Waals surface area contributed by atoms with E-state index in [0.717, 1.165) is 33.4 Å². The SMILES string of the molecule is C[Si]1(C)C(C#Cc2ccccc2)=C(c2ccccc2)C(c2ccccc2)=C1C#Cc1ccc(C#CC2=C(c3ccccc3)C(c3ccccc3)=C(C#Cc3ccccc3)[Si]2(C)C)cc1. The fraction of sp³-hybridized carbons (Fsp3) is 0.0645. The van der Waals surface area contributed by atoms with E-state index < -0.39 is 16.1 Å². The summed E-state index contributed by atoms with van der Waals surface area (Å²) in [6.45, 7) is 9.58. The molecule has 0 atom stereocenters. The van der Waals surface area contributed by atoms with E-state index in [1.165, 1.54) is 54.2 Å². The fourth-order valence-electron chi connectivity index (χ4n) is 8.67. The number of rotatable bonds is 4. The molecule has 0 saturated carbocycles. The van der Waals surface area contributed by atoms with E-state index in [1.54, 1.807) is 0 Å². The zero-order valence-electron chi connectivity index (χ0n) is 36.6. The molecule has 0 aliphatic carbocycles. The summed E-state index contributed by atoms with van der Waals surface area (Å²) in [6, 6.07) is 71.8. The third-order valence-corrected chi connectivity index (χ3v) is 18.5. The molecule has 2 heteroatoms. The number of hydrogen-bond acceptors (Lipinski definition) is 0. The second-order valence-corrected chi connectivity index (χ2v) is 25.5. The monoisotopic (exact) mass is 846 g/mol. The van der Waals surface area contributed by atoms with E-state index in [9.17, 15) is 0 Å². The van der Waals surface area contributed by atoms with Crippen LogP contribution in [0.5, 0.6) is 0 Å². The second kappa shape index (κ2) is 18.3. The van der Waals surface area contributed by atoms with Gasteiger partial charge < -0.3 is 0 Å². The number of benzene rings is 7. The van der Waals surface area contributed by atoms with E-state index in [1.807, 2.05) is 36.4 Å². The molecule has 2 heterocycles. The van der Waals surface area contributed by atoms with Crippen molar-refractivity contribution in [2.24, 2.45) is 0 Å². The van der Waals surface area contributed by atoms with Gasteiger partial charge in [0.25, 0.3) is 0 Å². The highest BCUT2D eigenvalue weighted by Gasteiger charge is 2.43. The van der Waals surface area contributed by atoms with Gasteiger partial charge in [-0.25, -0.2) is 0 Å². The number of allylic oxidation sites excluding steroid dienone is 8. The van der Waals surface area contributed by atoms with Crippen molar-refractivity contribution in [3.8, 4) is 47.4 Å². The molecule has 9 rings (SSSR count). The van der Waals surface area contributed by atoms with Crippen LogP contribution in [0.15, 0.2) is 227 Å². The largest absolute Gasteiger partial charge is 0.135 e. The van der Waals surface area contributed by atoms with Gasteiger partial charge in [-0.3, -0.25) is 0 Å². The predicted molar refractivity (Wildman–Crippen MR) is 275 cm³/mol. The van der Waals surface area contributed by atoms with Gasteiger partial charge in [0.15, 0.2) is 0 Å². The first-order chi connectivity index (χ1) is 31.3. The highest BCUT2D eigenvalue weighted by Crippen LogP contribution is 2.49. The van der Waals surface area contributed by atoms with E-state index in [-0.39, 0.29) is 0 Å². The Morgan fingerprint density at radius 2 is 0.406 bits per heavy atom. The van der Waals surface area contributed by atoms with Crippen LogP contribution in [0.2, 0.25) is 26.2 Å². The molecule has 0 radical (unpaired) electrons. The Morgan fingerprint density at radius 3 is 0.625 bits per heavy atom. The molecule has 0 nitrogen and oxygen atoms in total. The van der Waals surface area contributed by atoms with Crippen LogP contribution in [-0.4, -0.2) is 16.1 Å². The van der Waals surface area contributed by atoms with Crippen LogP contribution in [0.3, 0.4) is 0 Å². The maximum atomic E-state index is 3.77. The van der Waals surface area contributed by atoms with Crippen LogP contribution in [0, 0.1) is 47.4 Å². The lowest BCUT2D eigenvalue weighted by Gasteiger charge is -2.18. The summed E-state index contributed by atoms with van der Waals surface area (Å²) in [6.07, 6.45) is 0. The Kier molecular flexibility index (Phi) is 11.8. The van der Waals surface area contributed by atoms with E-state index in [4.69, 9.17) is 0 Å². The molecule has 0 saturated heterocycles. The quantitative estimate of drug-likeness (QED) is 0.122. The van der Waals surface area contributed by atoms with Crippen LogP contribution in [-0.2, 0) is 0 Å². The first kappa shape index (κ1) is 41.5. The normalized spacial score (nSPS) is 14.7. The van der Waals surface area contributed by atoms with Crippen LogP contribution >= 0.6 is 0 Å². The van der Waals surface area contributed by atoms with Crippen molar-refractivity contribution in [2.45, 2.75) is 26.2 Å². The lowest BCUT2D eigenvalue weighted by atomic mass is 9.91. The second-order valence-electron chi connectivity index (χ2n) is 17.0. The standard InChI is InChI=1S/C62H46Si2/c1-63(2)55(43-39-47-23-11-5-12-24-47)59(51-27-15-7-16-28-51)61(53-31-19-9-20-32-53)57(63)45-41-49-35-37-50(38-36-49)42-46-58-62(54-33-21-10-22-34-54)60(52-29-17-8-18-30-52)56(64(58,3)4)44-40-48-25-13-6-14-26-48/h5-38H,1-4H3. The molecular weight excluding hydrogens is 801 g/mol. The van der Waals surface area contributed by atoms with Crippen molar-refractivity contribution in [3.63, 3.8) is 0 Å². The average molecular weight is 847 g/mol. The Morgan fingerprint density at radius 1 is 0.219 bits per heavy atom. The lowest BCUT2D eigenvalue weighted by molar-refractivity contribution is 1.58. The molecule has 0 spiro atoms. The lowest BCUT2D eigenvalue weighted by Crippen LogP contribution is -2.29. The Hall–Kier alpha value is -7.83. The molecule has 0 bridgehead atoms. The smallest absolute Gasteiger partial charge is 0.0696 e. The maximum Gasteiger partial charge on any atom is 0.135 e. The van der Waals surface area contributed by atoms with Crippen LogP contribution in [0.25, 0.3) is 22.3 Å². The van der Waals surface area contributed by atoms with Gasteiger partial charge in [-0.15, -0.1) is 0 Å². The molecule has 64 heavy (non-hydrogen) atoms. The highest BCUT2D eigenvalue weighted by molar-refractivity contribution is 6.97. The topological polar surface area (TPSA) is 0 Å². The molecule has 7 aromatic rings. The summed E-state index contributed by atoms with van der Waals surface area (Å²) in [5, 5.41) is 4.80. The summed E-state index contributed by atoms with van der Waals surface area (Å²) in [7, 11) is -4.74. The van der Waals surface area contributed by atoms with E-state index in [0.29, 0.717) is 0 Å². The van der Waals surface area contributed by atoms with Gasteiger partial charge >= 0.3 is 0 Å². The van der Waals surface area contributed by atoms with Gasteiger partial charge in [-0.2, -0.15) is 0 Å². The zero-order chi connectivity index (χ0) is 43.9. The molecule has 0 unspecified atom stereocenters. The third kappa shape index (κ3) is 8.51. The third-order valence-electron chi connectivity index (χ3n) is 12.0. The zero-order valence-corrected chi connectivity index (χ0v) is 38.6. The summed E-state index contributed by atoms with van der Waals surface area (Å²) < 4.78 is 0.